The predicted octanol–water partition coefficient (Wildman–Crippen LogP) is -0.130. The molecule has 6 nitrogen and oxygen atoms in total. The quantitative estimate of drug-likeness (QED) is 0.520. The van der Waals surface area contributed by atoms with Crippen LogP contribution in [0.5, 0.6) is 0 Å². The molecular formula is C13H21N5O. The van der Waals surface area contributed by atoms with Crippen LogP contribution in [0.25, 0.3) is 0 Å². The Kier molecular flexibility index (Phi) is 4.70. The number of aromatic nitrogens is 1. The summed E-state index contributed by atoms with van der Waals surface area (Å²) in [5, 5.41) is 16.5. The van der Waals surface area contributed by atoms with Gasteiger partial charge in [-0.2, -0.15) is 0 Å². The van der Waals surface area contributed by atoms with Crippen LogP contribution in [0.4, 0.5) is 5.82 Å². The molecule has 1 aliphatic heterocycles. The number of rotatable bonds is 4. The molecule has 1 saturated heterocycles. The van der Waals surface area contributed by atoms with Gasteiger partial charge >= 0.3 is 0 Å². The topological polar surface area (TPSA) is 89.5 Å². The number of nitrogens with zero attached hydrogens (tertiary/aromatic N) is 3. The molecule has 19 heavy (non-hydrogen) atoms. The van der Waals surface area contributed by atoms with Crippen LogP contribution in [-0.4, -0.2) is 60.2 Å². The summed E-state index contributed by atoms with van der Waals surface area (Å²) in [5.41, 5.74) is 6.22. The van der Waals surface area contributed by atoms with Crippen LogP contribution >= 0.6 is 0 Å². The Morgan fingerprint density at radius 1 is 1.37 bits per heavy atom. The van der Waals surface area contributed by atoms with Gasteiger partial charge in [0.25, 0.3) is 0 Å². The molecule has 0 radical (unpaired) electrons. The highest BCUT2D eigenvalue weighted by Crippen LogP contribution is 2.15. The Bertz CT molecular complexity index is 437. The molecule has 0 amide bonds. The highest BCUT2D eigenvalue weighted by molar-refractivity contribution is 5.95. The van der Waals surface area contributed by atoms with Gasteiger partial charge in [0.05, 0.1) is 6.61 Å². The minimum Gasteiger partial charge on any atom is -0.395 e. The Morgan fingerprint density at radius 2 is 2.21 bits per heavy atom. The third-order valence-electron chi connectivity index (χ3n) is 3.39. The standard InChI is InChI=1S/C13H21N5O/c14-13(15)11-2-3-16-12(10-11)18-5-1-4-17(6-7-18)8-9-19/h2-3,10,19H,1,4-9H2,(H3,14,15). The molecule has 1 fully saturated rings. The lowest BCUT2D eigenvalue weighted by molar-refractivity contribution is 0.204. The number of nitrogen functional groups attached to an aromatic ring is 1. The summed E-state index contributed by atoms with van der Waals surface area (Å²) < 4.78 is 0. The summed E-state index contributed by atoms with van der Waals surface area (Å²) in [4.78, 5) is 8.83. The van der Waals surface area contributed by atoms with Gasteiger partial charge in [0.2, 0.25) is 0 Å². The molecule has 2 heterocycles. The fourth-order valence-corrected chi connectivity index (χ4v) is 2.32. The molecule has 104 valence electrons. The van der Waals surface area contributed by atoms with Gasteiger partial charge < -0.3 is 15.7 Å². The lowest BCUT2D eigenvalue weighted by Crippen LogP contribution is -2.32. The van der Waals surface area contributed by atoms with E-state index in [0.29, 0.717) is 5.56 Å². The molecule has 6 heteroatoms. The normalized spacial score (nSPS) is 17.2. The highest BCUT2D eigenvalue weighted by atomic mass is 16.3. The van der Waals surface area contributed by atoms with Crippen LogP contribution in [0.1, 0.15) is 12.0 Å². The van der Waals surface area contributed by atoms with E-state index in [4.69, 9.17) is 16.2 Å². The molecule has 0 saturated carbocycles. The summed E-state index contributed by atoms with van der Waals surface area (Å²) >= 11 is 0. The number of nitrogens with one attached hydrogen (secondary N) is 1. The maximum Gasteiger partial charge on any atom is 0.129 e. The van der Waals surface area contributed by atoms with Gasteiger partial charge in [-0.05, 0) is 25.1 Å². The van der Waals surface area contributed by atoms with Crippen molar-refractivity contribution in [2.45, 2.75) is 6.42 Å². The number of β-amino-alcohol motifs (C(OH)–C–C–N with tert-alkyl or cyclic N) is 1. The Hall–Kier alpha value is -1.66. The maximum absolute atomic E-state index is 8.99. The van der Waals surface area contributed by atoms with E-state index in [1.807, 2.05) is 6.07 Å². The van der Waals surface area contributed by atoms with Crippen LogP contribution in [0.3, 0.4) is 0 Å². The van der Waals surface area contributed by atoms with E-state index in [1.54, 1.807) is 12.3 Å². The number of nitrogens with two attached hydrogens (primary N) is 1. The van der Waals surface area contributed by atoms with Crippen molar-refractivity contribution in [2.75, 3.05) is 44.2 Å². The van der Waals surface area contributed by atoms with Gasteiger partial charge in [-0.25, -0.2) is 4.98 Å². The van der Waals surface area contributed by atoms with Crippen LogP contribution in [0.2, 0.25) is 0 Å². The minimum absolute atomic E-state index is 0.0698. The molecule has 1 aliphatic rings. The van der Waals surface area contributed by atoms with Crippen molar-refractivity contribution in [3.05, 3.63) is 23.9 Å². The van der Waals surface area contributed by atoms with Crippen molar-refractivity contribution in [2.24, 2.45) is 5.73 Å². The summed E-state index contributed by atoms with van der Waals surface area (Å²) in [6.45, 7) is 4.69. The van der Waals surface area contributed by atoms with E-state index in [9.17, 15) is 0 Å². The highest BCUT2D eigenvalue weighted by Gasteiger charge is 2.15. The average molecular weight is 263 g/mol. The third-order valence-corrected chi connectivity index (χ3v) is 3.39. The van der Waals surface area contributed by atoms with E-state index in [0.717, 1.165) is 45.0 Å². The first kappa shape index (κ1) is 13.8. The predicted molar refractivity (Wildman–Crippen MR) is 75.6 cm³/mol. The molecule has 0 unspecified atom stereocenters. The van der Waals surface area contributed by atoms with Gasteiger partial charge in [-0.15, -0.1) is 0 Å². The van der Waals surface area contributed by atoms with Gasteiger partial charge in [0.1, 0.15) is 11.7 Å². The number of aliphatic hydroxyl groups excluding tert-OH is 1. The molecule has 1 aromatic heterocycles. The van der Waals surface area contributed by atoms with E-state index < -0.39 is 0 Å². The van der Waals surface area contributed by atoms with Crippen molar-refractivity contribution in [1.29, 1.82) is 5.41 Å². The van der Waals surface area contributed by atoms with Crippen molar-refractivity contribution < 1.29 is 5.11 Å². The van der Waals surface area contributed by atoms with E-state index in [1.165, 1.54) is 0 Å². The van der Waals surface area contributed by atoms with Gasteiger partial charge in [0.15, 0.2) is 0 Å². The second kappa shape index (κ2) is 6.49. The second-order valence-electron chi connectivity index (χ2n) is 4.72. The second-order valence-corrected chi connectivity index (χ2v) is 4.72. The average Bonchev–Trinajstić information content (AvgIpc) is 2.65. The number of hydrogen-bond acceptors (Lipinski definition) is 5. The fraction of sp³-hybridized carbons (Fsp3) is 0.538. The zero-order valence-electron chi connectivity index (χ0n) is 11.0. The molecule has 0 spiro atoms. The van der Waals surface area contributed by atoms with E-state index >= 15 is 0 Å². The molecular weight excluding hydrogens is 242 g/mol. The number of aliphatic hydroxyl groups is 1. The fourth-order valence-electron chi connectivity index (χ4n) is 2.32. The summed E-state index contributed by atoms with van der Waals surface area (Å²) in [5.74, 6) is 0.943. The Balaban J connectivity index is 2.05. The molecule has 2 rings (SSSR count). The van der Waals surface area contributed by atoms with Crippen molar-refractivity contribution in [3.63, 3.8) is 0 Å². The summed E-state index contributed by atoms with van der Waals surface area (Å²) in [6, 6.07) is 3.62. The number of anilines is 1. The van der Waals surface area contributed by atoms with Crippen molar-refractivity contribution >= 4 is 11.7 Å². The van der Waals surface area contributed by atoms with Gasteiger partial charge in [-0.3, -0.25) is 10.3 Å². The Morgan fingerprint density at radius 3 is 2.95 bits per heavy atom. The SMILES string of the molecule is N=C(N)c1ccnc(N2CCCN(CCO)CC2)c1. The molecule has 4 N–H and O–H groups in total. The first-order valence-corrected chi connectivity index (χ1v) is 6.59. The maximum atomic E-state index is 8.99. The van der Waals surface area contributed by atoms with Crippen LogP contribution < -0.4 is 10.6 Å². The molecule has 1 aromatic rings. The van der Waals surface area contributed by atoms with E-state index in [-0.39, 0.29) is 12.4 Å². The Labute approximate surface area is 113 Å². The monoisotopic (exact) mass is 263 g/mol. The largest absolute Gasteiger partial charge is 0.395 e. The zero-order chi connectivity index (χ0) is 13.7. The number of amidine groups is 1. The number of hydrogen-bond donors (Lipinski definition) is 3. The first-order valence-electron chi connectivity index (χ1n) is 6.59. The van der Waals surface area contributed by atoms with E-state index in [2.05, 4.69) is 14.8 Å². The summed E-state index contributed by atoms with van der Waals surface area (Å²) in [7, 11) is 0. The molecule has 0 bridgehead atoms. The lowest BCUT2D eigenvalue weighted by atomic mass is 10.2. The van der Waals surface area contributed by atoms with Crippen LogP contribution in [0.15, 0.2) is 18.3 Å². The van der Waals surface area contributed by atoms with Crippen LogP contribution in [-0.2, 0) is 0 Å². The zero-order valence-corrected chi connectivity index (χ0v) is 11.0. The smallest absolute Gasteiger partial charge is 0.129 e. The molecule has 0 aliphatic carbocycles. The lowest BCUT2D eigenvalue weighted by Gasteiger charge is -2.22. The van der Waals surface area contributed by atoms with Gasteiger partial charge in [0, 0.05) is 37.9 Å². The van der Waals surface area contributed by atoms with Crippen molar-refractivity contribution in [3.8, 4) is 0 Å². The number of pyridine rings is 1. The molecule has 0 aromatic carbocycles. The van der Waals surface area contributed by atoms with Gasteiger partial charge in [-0.1, -0.05) is 0 Å². The third kappa shape index (κ3) is 3.65. The van der Waals surface area contributed by atoms with Crippen LogP contribution in [0, 0.1) is 5.41 Å². The summed E-state index contributed by atoms with van der Waals surface area (Å²) in [6.07, 6.45) is 2.74. The van der Waals surface area contributed by atoms with Crippen molar-refractivity contribution in [1.82, 2.24) is 9.88 Å². The first-order chi connectivity index (χ1) is 9.20. The molecule has 0 atom stereocenters. The minimum atomic E-state index is 0.0698.